The van der Waals surface area contributed by atoms with Gasteiger partial charge >= 0.3 is 0 Å². The standard InChI is InChI=1S/C14H29N5/c1-16-2-4-17(5-3-16)6-7-18-8-10-19(11-9-18)14-12-15-13-14/h14-15H,2-13H2,1H3. The van der Waals surface area contributed by atoms with Gasteiger partial charge in [0.05, 0.1) is 0 Å². The molecule has 0 aromatic carbocycles. The number of likely N-dealkylation sites (N-methyl/N-ethyl adjacent to an activating group) is 1. The Hall–Kier alpha value is -0.200. The lowest BCUT2D eigenvalue weighted by Crippen LogP contribution is -2.61. The van der Waals surface area contributed by atoms with E-state index in [-0.39, 0.29) is 0 Å². The van der Waals surface area contributed by atoms with E-state index in [0.29, 0.717) is 0 Å². The molecule has 3 saturated heterocycles. The smallest absolute Gasteiger partial charge is 0.0346 e. The van der Waals surface area contributed by atoms with Gasteiger partial charge in [0, 0.05) is 84.6 Å². The molecule has 5 nitrogen and oxygen atoms in total. The Morgan fingerprint density at radius 2 is 1.32 bits per heavy atom. The van der Waals surface area contributed by atoms with Crippen molar-refractivity contribution in [3.63, 3.8) is 0 Å². The van der Waals surface area contributed by atoms with E-state index in [1.165, 1.54) is 78.5 Å². The topological polar surface area (TPSA) is 25.0 Å². The molecule has 5 heteroatoms. The van der Waals surface area contributed by atoms with E-state index in [2.05, 4.69) is 32.0 Å². The van der Waals surface area contributed by atoms with Crippen LogP contribution in [0.2, 0.25) is 0 Å². The summed E-state index contributed by atoms with van der Waals surface area (Å²) < 4.78 is 0. The van der Waals surface area contributed by atoms with Crippen LogP contribution in [0.3, 0.4) is 0 Å². The third-order valence-electron chi connectivity index (χ3n) is 5.01. The van der Waals surface area contributed by atoms with E-state index in [1.54, 1.807) is 0 Å². The van der Waals surface area contributed by atoms with E-state index in [1.807, 2.05) is 0 Å². The molecule has 0 aliphatic carbocycles. The molecule has 19 heavy (non-hydrogen) atoms. The second kappa shape index (κ2) is 6.50. The lowest BCUT2D eigenvalue weighted by Gasteiger charge is -2.43. The molecule has 3 fully saturated rings. The Labute approximate surface area is 117 Å². The summed E-state index contributed by atoms with van der Waals surface area (Å²) in [5, 5.41) is 3.38. The van der Waals surface area contributed by atoms with Crippen molar-refractivity contribution in [2.45, 2.75) is 6.04 Å². The molecule has 0 aromatic heterocycles. The molecular weight excluding hydrogens is 238 g/mol. The van der Waals surface area contributed by atoms with Gasteiger partial charge in [-0.1, -0.05) is 0 Å². The number of rotatable bonds is 4. The summed E-state index contributed by atoms with van der Waals surface area (Å²) in [5.74, 6) is 0. The number of hydrogen-bond acceptors (Lipinski definition) is 5. The van der Waals surface area contributed by atoms with Gasteiger partial charge in [0.2, 0.25) is 0 Å². The van der Waals surface area contributed by atoms with Gasteiger partial charge in [-0.3, -0.25) is 14.7 Å². The minimum absolute atomic E-state index is 0.833. The Bertz CT molecular complexity index is 265. The van der Waals surface area contributed by atoms with Gasteiger partial charge in [-0.15, -0.1) is 0 Å². The van der Waals surface area contributed by atoms with Crippen LogP contribution in [0, 0.1) is 0 Å². The molecule has 3 rings (SSSR count). The lowest BCUT2D eigenvalue weighted by molar-refractivity contribution is 0.0630. The number of nitrogens with one attached hydrogen (secondary N) is 1. The number of hydrogen-bond donors (Lipinski definition) is 1. The third-order valence-corrected chi connectivity index (χ3v) is 5.01. The van der Waals surface area contributed by atoms with Crippen LogP contribution in [0.1, 0.15) is 0 Å². The fraction of sp³-hybridized carbons (Fsp3) is 1.00. The normalized spacial score (nSPS) is 29.5. The zero-order chi connectivity index (χ0) is 13.1. The monoisotopic (exact) mass is 267 g/mol. The highest BCUT2D eigenvalue weighted by Crippen LogP contribution is 2.09. The van der Waals surface area contributed by atoms with Crippen molar-refractivity contribution in [3.05, 3.63) is 0 Å². The maximum absolute atomic E-state index is 3.38. The van der Waals surface area contributed by atoms with Crippen molar-refractivity contribution in [3.8, 4) is 0 Å². The first-order valence-electron chi connectivity index (χ1n) is 7.89. The van der Waals surface area contributed by atoms with Crippen molar-refractivity contribution in [1.82, 2.24) is 24.9 Å². The molecule has 1 N–H and O–H groups in total. The maximum atomic E-state index is 3.38. The molecular formula is C14H29N5. The summed E-state index contributed by atoms with van der Waals surface area (Å²) in [6, 6.07) is 0.833. The Balaban J connectivity index is 1.31. The van der Waals surface area contributed by atoms with Crippen LogP contribution in [-0.4, -0.2) is 111 Å². The van der Waals surface area contributed by atoms with E-state index in [4.69, 9.17) is 0 Å². The molecule has 0 unspecified atom stereocenters. The third kappa shape index (κ3) is 3.67. The molecule has 110 valence electrons. The van der Waals surface area contributed by atoms with Crippen LogP contribution < -0.4 is 5.32 Å². The van der Waals surface area contributed by atoms with Crippen LogP contribution in [0.4, 0.5) is 0 Å². The molecule has 3 aliphatic rings. The van der Waals surface area contributed by atoms with Gasteiger partial charge in [0.25, 0.3) is 0 Å². The Morgan fingerprint density at radius 1 is 0.789 bits per heavy atom. The molecule has 0 aromatic rings. The zero-order valence-electron chi connectivity index (χ0n) is 12.4. The Kier molecular flexibility index (Phi) is 4.71. The van der Waals surface area contributed by atoms with Gasteiger partial charge in [0.15, 0.2) is 0 Å². The van der Waals surface area contributed by atoms with E-state index in [9.17, 15) is 0 Å². The van der Waals surface area contributed by atoms with Gasteiger partial charge in [-0.25, -0.2) is 0 Å². The highest BCUT2D eigenvalue weighted by Gasteiger charge is 2.27. The lowest BCUT2D eigenvalue weighted by atomic mass is 10.1. The first-order chi connectivity index (χ1) is 9.31. The minimum Gasteiger partial charge on any atom is -0.314 e. The van der Waals surface area contributed by atoms with Crippen LogP contribution in [0.5, 0.6) is 0 Å². The van der Waals surface area contributed by atoms with Crippen molar-refractivity contribution in [1.29, 1.82) is 0 Å². The summed E-state index contributed by atoms with van der Waals surface area (Å²) >= 11 is 0. The summed E-state index contributed by atoms with van der Waals surface area (Å²) in [6.07, 6.45) is 0. The summed E-state index contributed by atoms with van der Waals surface area (Å²) in [5.41, 5.74) is 0. The highest BCUT2D eigenvalue weighted by molar-refractivity contribution is 4.87. The van der Waals surface area contributed by atoms with Crippen molar-refractivity contribution in [2.24, 2.45) is 0 Å². The fourth-order valence-electron chi connectivity index (χ4n) is 3.24. The first-order valence-corrected chi connectivity index (χ1v) is 7.89. The van der Waals surface area contributed by atoms with Gasteiger partial charge in [-0.05, 0) is 7.05 Å². The molecule has 3 heterocycles. The fourth-order valence-corrected chi connectivity index (χ4v) is 3.24. The largest absolute Gasteiger partial charge is 0.314 e. The molecule has 0 amide bonds. The van der Waals surface area contributed by atoms with Gasteiger partial charge in [-0.2, -0.15) is 0 Å². The van der Waals surface area contributed by atoms with Crippen LogP contribution in [0.25, 0.3) is 0 Å². The van der Waals surface area contributed by atoms with E-state index >= 15 is 0 Å². The average molecular weight is 267 g/mol. The van der Waals surface area contributed by atoms with Crippen molar-refractivity contribution >= 4 is 0 Å². The summed E-state index contributed by atoms with van der Waals surface area (Å²) in [4.78, 5) is 10.4. The second-order valence-electron chi connectivity index (χ2n) is 6.33. The number of piperazine rings is 2. The SMILES string of the molecule is CN1CCN(CCN2CCN(C3CNC3)CC2)CC1. The molecule has 0 bridgehead atoms. The zero-order valence-corrected chi connectivity index (χ0v) is 12.4. The molecule has 3 aliphatic heterocycles. The molecule has 0 spiro atoms. The van der Waals surface area contributed by atoms with Gasteiger partial charge < -0.3 is 10.2 Å². The molecule has 0 radical (unpaired) electrons. The minimum atomic E-state index is 0.833. The van der Waals surface area contributed by atoms with Crippen LogP contribution in [0.15, 0.2) is 0 Å². The predicted octanol–water partition coefficient (Wildman–Crippen LogP) is -1.18. The maximum Gasteiger partial charge on any atom is 0.0346 e. The summed E-state index contributed by atoms with van der Waals surface area (Å²) in [7, 11) is 2.23. The van der Waals surface area contributed by atoms with Crippen LogP contribution >= 0.6 is 0 Å². The molecule has 0 atom stereocenters. The van der Waals surface area contributed by atoms with E-state index in [0.717, 1.165) is 6.04 Å². The average Bonchev–Trinajstić information content (AvgIpc) is 2.38. The summed E-state index contributed by atoms with van der Waals surface area (Å²) in [6.45, 7) is 15.0. The number of nitrogens with zero attached hydrogens (tertiary/aromatic N) is 4. The van der Waals surface area contributed by atoms with E-state index < -0.39 is 0 Å². The predicted molar refractivity (Wildman–Crippen MR) is 78.6 cm³/mol. The quantitative estimate of drug-likeness (QED) is 0.692. The van der Waals surface area contributed by atoms with Gasteiger partial charge in [0.1, 0.15) is 0 Å². The van der Waals surface area contributed by atoms with Crippen molar-refractivity contribution < 1.29 is 0 Å². The van der Waals surface area contributed by atoms with Crippen molar-refractivity contribution in [2.75, 3.05) is 85.6 Å². The first kappa shape index (κ1) is 13.8. The Morgan fingerprint density at radius 3 is 1.79 bits per heavy atom. The second-order valence-corrected chi connectivity index (χ2v) is 6.33. The van der Waals surface area contributed by atoms with Crippen LogP contribution in [-0.2, 0) is 0 Å². The molecule has 0 saturated carbocycles. The highest BCUT2D eigenvalue weighted by atomic mass is 15.3.